The predicted octanol–water partition coefficient (Wildman–Crippen LogP) is 4.99. The number of halogens is 3. The van der Waals surface area contributed by atoms with Gasteiger partial charge in [-0.05, 0) is 76.6 Å². The van der Waals surface area contributed by atoms with Gasteiger partial charge in [0.2, 0.25) is 0 Å². The maximum Gasteiger partial charge on any atom is 0.416 e. The molecule has 0 radical (unpaired) electrons. The first-order valence-electron chi connectivity index (χ1n) is 12.4. The maximum absolute atomic E-state index is 13.3. The van der Waals surface area contributed by atoms with Crippen molar-refractivity contribution in [3.05, 3.63) is 34.9 Å². The van der Waals surface area contributed by atoms with Crippen molar-refractivity contribution in [3.63, 3.8) is 0 Å². The second kappa shape index (κ2) is 9.29. The van der Waals surface area contributed by atoms with Crippen molar-refractivity contribution in [1.29, 1.82) is 5.26 Å². The van der Waals surface area contributed by atoms with Gasteiger partial charge >= 0.3 is 12.3 Å². The number of aryl methyl sites for hydroxylation is 1. The predicted molar refractivity (Wildman–Crippen MR) is 126 cm³/mol. The Hall–Kier alpha value is -2.31. The van der Waals surface area contributed by atoms with Crippen molar-refractivity contribution >= 4 is 6.09 Å². The first kappa shape index (κ1) is 25.8. The molecule has 0 aromatic heterocycles. The van der Waals surface area contributed by atoms with Gasteiger partial charge in [-0.25, -0.2) is 4.79 Å². The molecule has 2 unspecified atom stereocenters. The molecule has 6 nitrogen and oxygen atoms in total. The van der Waals surface area contributed by atoms with Crippen LogP contribution in [0.15, 0.2) is 18.2 Å². The molecule has 1 aromatic carbocycles. The number of carbonyl (C=O) groups is 1. The zero-order valence-electron chi connectivity index (χ0n) is 21.0. The van der Waals surface area contributed by atoms with E-state index in [1.54, 1.807) is 11.0 Å². The lowest BCUT2D eigenvalue weighted by Gasteiger charge is -2.50. The molecule has 3 aliphatic rings. The molecule has 2 heterocycles. The Balaban J connectivity index is 1.42. The number of amides is 1. The third-order valence-electron chi connectivity index (χ3n) is 7.65. The van der Waals surface area contributed by atoms with Gasteiger partial charge in [-0.1, -0.05) is 6.07 Å². The van der Waals surface area contributed by atoms with Crippen LogP contribution in [0.5, 0.6) is 0 Å². The first-order valence-corrected chi connectivity index (χ1v) is 12.4. The van der Waals surface area contributed by atoms with E-state index in [0.717, 1.165) is 24.0 Å². The zero-order chi connectivity index (χ0) is 25.6. The van der Waals surface area contributed by atoms with Crippen molar-refractivity contribution < 1.29 is 22.7 Å². The minimum Gasteiger partial charge on any atom is -0.444 e. The molecule has 1 aliphatic carbocycles. The number of likely N-dealkylation sites (tertiary alicyclic amines) is 1. The average molecular weight is 493 g/mol. The fourth-order valence-electron chi connectivity index (χ4n) is 5.81. The smallest absolute Gasteiger partial charge is 0.416 e. The highest BCUT2D eigenvalue weighted by molar-refractivity contribution is 5.68. The van der Waals surface area contributed by atoms with Crippen molar-refractivity contribution in [3.8, 4) is 6.07 Å². The third kappa shape index (κ3) is 5.29. The summed E-state index contributed by atoms with van der Waals surface area (Å²) in [5.74, 6) is 0. The SMILES string of the molecule is CC1CN(C2(C#N)CCN(C(=O)OC(C)(C)C)CC2)CCN1C1CCc2ccc(C(F)(F)F)cc21. The number of ether oxygens (including phenoxy) is 1. The van der Waals surface area contributed by atoms with E-state index in [1.165, 1.54) is 12.1 Å². The topological polar surface area (TPSA) is 59.8 Å². The second-order valence-corrected chi connectivity index (χ2v) is 11.1. The molecule has 4 rings (SSSR count). The molecule has 2 atom stereocenters. The van der Waals surface area contributed by atoms with Crippen molar-refractivity contribution in [2.75, 3.05) is 32.7 Å². The van der Waals surface area contributed by atoms with Crippen LogP contribution in [0.3, 0.4) is 0 Å². The molecular weight excluding hydrogens is 457 g/mol. The van der Waals surface area contributed by atoms with E-state index in [4.69, 9.17) is 4.74 Å². The van der Waals surface area contributed by atoms with Crippen molar-refractivity contribution in [1.82, 2.24) is 14.7 Å². The van der Waals surface area contributed by atoms with Gasteiger partial charge in [0.15, 0.2) is 0 Å². The number of piperazine rings is 1. The number of nitrogens with zero attached hydrogens (tertiary/aromatic N) is 4. The molecule has 2 fully saturated rings. The van der Waals surface area contributed by atoms with Gasteiger partial charge in [0.25, 0.3) is 0 Å². The highest BCUT2D eigenvalue weighted by Gasteiger charge is 2.45. The lowest BCUT2D eigenvalue weighted by Crippen LogP contribution is -2.63. The van der Waals surface area contributed by atoms with Gasteiger partial charge in [0, 0.05) is 44.8 Å². The van der Waals surface area contributed by atoms with Crippen LogP contribution in [0.2, 0.25) is 0 Å². The number of benzene rings is 1. The molecule has 0 saturated carbocycles. The van der Waals surface area contributed by atoms with E-state index in [9.17, 15) is 23.2 Å². The summed E-state index contributed by atoms with van der Waals surface area (Å²) in [5.41, 5.74) is -0.00145. The van der Waals surface area contributed by atoms with Crippen LogP contribution in [0.25, 0.3) is 0 Å². The number of piperidine rings is 1. The molecule has 1 aromatic rings. The lowest BCUT2D eigenvalue weighted by atomic mass is 9.85. The third-order valence-corrected chi connectivity index (χ3v) is 7.65. The highest BCUT2D eigenvalue weighted by atomic mass is 19.4. The molecule has 2 saturated heterocycles. The van der Waals surface area contributed by atoms with Crippen LogP contribution in [-0.4, -0.2) is 70.7 Å². The van der Waals surface area contributed by atoms with Crippen LogP contribution < -0.4 is 0 Å². The minimum atomic E-state index is -4.35. The van der Waals surface area contributed by atoms with Crippen molar-refractivity contribution in [2.24, 2.45) is 0 Å². The largest absolute Gasteiger partial charge is 0.444 e. The van der Waals surface area contributed by atoms with E-state index >= 15 is 0 Å². The fourth-order valence-corrected chi connectivity index (χ4v) is 5.81. The second-order valence-electron chi connectivity index (χ2n) is 11.1. The summed E-state index contributed by atoms with van der Waals surface area (Å²) < 4.78 is 45.4. The molecule has 35 heavy (non-hydrogen) atoms. The van der Waals surface area contributed by atoms with Crippen LogP contribution in [0, 0.1) is 11.3 Å². The van der Waals surface area contributed by atoms with E-state index in [-0.39, 0.29) is 18.2 Å². The number of carbonyl (C=O) groups excluding carboxylic acids is 1. The van der Waals surface area contributed by atoms with Gasteiger partial charge in [0.1, 0.15) is 11.1 Å². The molecule has 9 heteroatoms. The Morgan fingerprint density at radius 3 is 2.40 bits per heavy atom. The minimum absolute atomic E-state index is 0.0310. The standard InChI is InChI=1S/C26H35F3N4O2/c1-18-16-32(25(17-30)9-11-31(12-10-25)23(34)35-24(2,3)4)13-14-33(18)22-8-6-19-5-7-20(15-21(19)22)26(27,28)29/h5,7,15,18,22H,6,8-14,16H2,1-4H3. The maximum atomic E-state index is 13.3. The van der Waals surface area contributed by atoms with Crippen LogP contribution >= 0.6 is 0 Å². The van der Waals surface area contributed by atoms with E-state index in [0.29, 0.717) is 45.6 Å². The monoisotopic (exact) mass is 492 g/mol. The van der Waals surface area contributed by atoms with Gasteiger partial charge in [-0.3, -0.25) is 9.80 Å². The summed E-state index contributed by atoms with van der Waals surface area (Å²) in [5, 5.41) is 10.2. The highest BCUT2D eigenvalue weighted by Crippen LogP contribution is 2.42. The van der Waals surface area contributed by atoms with Crippen LogP contribution in [0.4, 0.5) is 18.0 Å². The lowest BCUT2D eigenvalue weighted by molar-refractivity contribution is -0.137. The molecular formula is C26H35F3N4O2. The Morgan fingerprint density at radius 2 is 1.83 bits per heavy atom. The zero-order valence-corrected chi connectivity index (χ0v) is 21.0. The number of rotatable bonds is 2. The summed E-state index contributed by atoms with van der Waals surface area (Å²) in [6.07, 6.45) is -1.99. The number of alkyl halides is 3. The Kier molecular flexibility index (Phi) is 6.84. The number of hydrogen-bond acceptors (Lipinski definition) is 5. The van der Waals surface area contributed by atoms with Gasteiger partial charge < -0.3 is 9.64 Å². The summed E-state index contributed by atoms with van der Waals surface area (Å²) in [6.45, 7) is 10.6. The van der Waals surface area contributed by atoms with E-state index in [2.05, 4.69) is 22.8 Å². The quantitative estimate of drug-likeness (QED) is 0.582. The Labute approximate surface area is 205 Å². The molecule has 0 N–H and O–H groups in total. The Morgan fingerprint density at radius 1 is 1.14 bits per heavy atom. The normalized spacial score (nSPS) is 25.7. The molecule has 192 valence electrons. The molecule has 2 aliphatic heterocycles. The molecule has 1 amide bonds. The van der Waals surface area contributed by atoms with Crippen LogP contribution in [-0.2, 0) is 17.3 Å². The van der Waals surface area contributed by atoms with Gasteiger partial charge in [-0.2, -0.15) is 18.4 Å². The average Bonchev–Trinajstić information content (AvgIpc) is 3.20. The number of hydrogen-bond donors (Lipinski definition) is 0. The molecule has 0 bridgehead atoms. The summed E-state index contributed by atoms with van der Waals surface area (Å²) >= 11 is 0. The van der Waals surface area contributed by atoms with E-state index in [1.807, 2.05) is 20.8 Å². The van der Waals surface area contributed by atoms with Crippen LogP contribution in [0.1, 0.15) is 69.7 Å². The summed E-state index contributed by atoms with van der Waals surface area (Å²) in [6, 6.07) is 6.75. The Bertz CT molecular complexity index is 990. The van der Waals surface area contributed by atoms with Crippen molar-refractivity contribution in [2.45, 2.75) is 82.8 Å². The number of nitriles is 1. The summed E-state index contributed by atoms with van der Waals surface area (Å²) in [4.78, 5) is 18.7. The molecule has 0 spiro atoms. The first-order chi connectivity index (χ1) is 16.3. The van der Waals surface area contributed by atoms with Gasteiger partial charge in [0.05, 0.1) is 11.6 Å². The fraction of sp³-hybridized carbons (Fsp3) is 0.692. The van der Waals surface area contributed by atoms with E-state index < -0.39 is 22.9 Å². The number of fused-ring (bicyclic) bond motifs is 1. The van der Waals surface area contributed by atoms with Gasteiger partial charge in [-0.15, -0.1) is 0 Å². The summed E-state index contributed by atoms with van der Waals surface area (Å²) in [7, 11) is 0.